The highest BCUT2D eigenvalue weighted by atomic mass is 16.5. The van der Waals surface area contributed by atoms with Crippen LogP contribution in [0.25, 0.3) is 5.69 Å². The van der Waals surface area contributed by atoms with E-state index in [2.05, 4.69) is 10.00 Å². The third-order valence-corrected chi connectivity index (χ3v) is 3.50. The Morgan fingerprint density at radius 2 is 2.00 bits per heavy atom. The molecule has 2 N–H and O–H groups in total. The lowest BCUT2D eigenvalue weighted by atomic mass is 10.2. The third-order valence-electron chi connectivity index (χ3n) is 3.50. The quantitative estimate of drug-likeness (QED) is 0.793. The van der Waals surface area contributed by atoms with Crippen LogP contribution < -0.4 is 10.6 Å². The van der Waals surface area contributed by atoms with Crippen LogP contribution in [0.4, 0.5) is 5.82 Å². The van der Waals surface area contributed by atoms with Gasteiger partial charge in [-0.3, -0.25) is 0 Å². The van der Waals surface area contributed by atoms with Gasteiger partial charge in [0.05, 0.1) is 18.0 Å². The number of hydrogen-bond donors (Lipinski definition) is 1. The first-order valence-corrected chi connectivity index (χ1v) is 7.31. The fraction of sp³-hybridized carbons (Fsp3) is 0.438. The fourth-order valence-electron chi connectivity index (χ4n) is 2.38. The van der Waals surface area contributed by atoms with Crippen molar-refractivity contribution in [2.24, 2.45) is 5.73 Å². The van der Waals surface area contributed by atoms with Crippen LogP contribution in [-0.2, 0) is 11.3 Å². The molecule has 0 aliphatic rings. The van der Waals surface area contributed by atoms with Gasteiger partial charge in [-0.15, -0.1) is 0 Å². The maximum Gasteiger partial charge on any atom is 0.136 e. The molecule has 0 amide bonds. The normalized spacial score (nSPS) is 10.9. The highest BCUT2D eigenvalue weighted by Gasteiger charge is 2.18. The average Bonchev–Trinajstić information content (AvgIpc) is 2.85. The van der Waals surface area contributed by atoms with Gasteiger partial charge in [-0.05, 0) is 26.0 Å². The summed E-state index contributed by atoms with van der Waals surface area (Å²) in [6.45, 7) is 6.71. The zero-order valence-corrected chi connectivity index (χ0v) is 13.0. The molecule has 114 valence electrons. The van der Waals surface area contributed by atoms with E-state index in [-0.39, 0.29) is 0 Å². The van der Waals surface area contributed by atoms with Crippen molar-refractivity contribution in [2.75, 3.05) is 31.7 Å². The first kappa shape index (κ1) is 15.5. The molecule has 2 aromatic rings. The molecule has 21 heavy (non-hydrogen) atoms. The summed E-state index contributed by atoms with van der Waals surface area (Å²) in [4.78, 5) is 2.16. The van der Waals surface area contributed by atoms with Gasteiger partial charge in [-0.25, -0.2) is 4.68 Å². The van der Waals surface area contributed by atoms with E-state index in [9.17, 15) is 0 Å². The van der Waals surface area contributed by atoms with E-state index in [0.717, 1.165) is 35.9 Å². The van der Waals surface area contributed by atoms with Crippen molar-refractivity contribution in [3.8, 4) is 5.69 Å². The van der Waals surface area contributed by atoms with Gasteiger partial charge in [0.1, 0.15) is 5.82 Å². The number of rotatable bonds is 7. The lowest BCUT2D eigenvalue weighted by molar-refractivity contribution is 0.154. The molecule has 1 aromatic carbocycles. The number of nitrogens with two attached hydrogens (primary N) is 1. The number of aryl methyl sites for hydroxylation is 1. The molecule has 0 radical (unpaired) electrons. The molecule has 1 aromatic heterocycles. The smallest absolute Gasteiger partial charge is 0.136 e. The second-order valence-corrected chi connectivity index (χ2v) is 4.96. The molecule has 0 fully saturated rings. The van der Waals surface area contributed by atoms with Gasteiger partial charge in [0.2, 0.25) is 0 Å². The Kier molecular flexibility index (Phi) is 5.36. The zero-order chi connectivity index (χ0) is 15.2. The predicted molar refractivity (Wildman–Crippen MR) is 86.0 cm³/mol. The first-order valence-electron chi connectivity index (χ1n) is 7.31. The molecule has 1 heterocycles. The van der Waals surface area contributed by atoms with E-state index in [1.165, 1.54) is 0 Å². The molecule has 5 heteroatoms. The minimum atomic E-state index is 0.479. The fourth-order valence-corrected chi connectivity index (χ4v) is 2.38. The maximum absolute atomic E-state index is 5.92. The van der Waals surface area contributed by atoms with Gasteiger partial charge in [0.15, 0.2) is 0 Å². The van der Waals surface area contributed by atoms with Crippen LogP contribution >= 0.6 is 0 Å². The second-order valence-electron chi connectivity index (χ2n) is 4.96. The molecule has 0 aliphatic carbocycles. The monoisotopic (exact) mass is 288 g/mol. The van der Waals surface area contributed by atoms with Crippen molar-refractivity contribution in [3.63, 3.8) is 0 Å². The topological polar surface area (TPSA) is 56.3 Å². The van der Waals surface area contributed by atoms with Crippen molar-refractivity contribution in [1.29, 1.82) is 0 Å². The van der Waals surface area contributed by atoms with E-state index >= 15 is 0 Å². The summed E-state index contributed by atoms with van der Waals surface area (Å²) in [6.07, 6.45) is 0. The number of aromatic nitrogens is 2. The van der Waals surface area contributed by atoms with Crippen LogP contribution in [0.2, 0.25) is 0 Å². The van der Waals surface area contributed by atoms with Crippen LogP contribution in [0.5, 0.6) is 0 Å². The van der Waals surface area contributed by atoms with Gasteiger partial charge in [0, 0.05) is 32.3 Å². The van der Waals surface area contributed by atoms with Crippen LogP contribution in [0, 0.1) is 6.92 Å². The molecular weight excluding hydrogens is 264 g/mol. The number of para-hydroxylation sites is 1. The average molecular weight is 288 g/mol. The van der Waals surface area contributed by atoms with Crippen molar-refractivity contribution < 1.29 is 4.74 Å². The summed E-state index contributed by atoms with van der Waals surface area (Å²) in [7, 11) is 2.05. The molecular formula is C16H24N4O. The highest BCUT2D eigenvalue weighted by Crippen LogP contribution is 2.26. The van der Waals surface area contributed by atoms with Crippen molar-refractivity contribution in [3.05, 3.63) is 41.6 Å². The summed E-state index contributed by atoms with van der Waals surface area (Å²) < 4.78 is 7.41. The molecule has 0 aliphatic heterocycles. The summed E-state index contributed by atoms with van der Waals surface area (Å²) in [6, 6.07) is 10.1. The van der Waals surface area contributed by atoms with Crippen LogP contribution in [0.1, 0.15) is 18.2 Å². The Hall–Kier alpha value is -1.85. The minimum Gasteiger partial charge on any atom is -0.380 e. The molecule has 0 bridgehead atoms. The SMILES string of the molecule is CCOCCN(C)c1c(CN)c(C)nn1-c1ccccc1. The number of benzene rings is 1. The number of anilines is 1. The second kappa shape index (κ2) is 7.24. The van der Waals surface area contributed by atoms with Crippen molar-refractivity contribution in [2.45, 2.75) is 20.4 Å². The summed E-state index contributed by atoms with van der Waals surface area (Å²) >= 11 is 0. The van der Waals surface area contributed by atoms with Crippen molar-refractivity contribution >= 4 is 5.82 Å². The largest absolute Gasteiger partial charge is 0.380 e. The Morgan fingerprint density at radius 3 is 2.62 bits per heavy atom. The molecule has 0 spiro atoms. The van der Waals surface area contributed by atoms with Gasteiger partial charge in [-0.2, -0.15) is 5.10 Å². The Bertz CT molecular complexity index is 565. The Morgan fingerprint density at radius 1 is 1.29 bits per heavy atom. The molecule has 0 unspecified atom stereocenters. The molecule has 5 nitrogen and oxygen atoms in total. The summed E-state index contributed by atoms with van der Waals surface area (Å²) in [5.41, 5.74) is 9.02. The van der Waals surface area contributed by atoms with Gasteiger partial charge in [-0.1, -0.05) is 18.2 Å². The Balaban J connectivity index is 2.37. The van der Waals surface area contributed by atoms with Crippen molar-refractivity contribution in [1.82, 2.24) is 9.78 Å². The van der Waals surface area contributed by atoms with Gasteiger partial charge >= 0.3 is 0 Å². The molecule has 2 rings (SSSR count). The molecule has 0 atom stereocenters. The Labute approximate surface area is 126 Å². The molecule has 0 saturated heterocycles. The number of hydrogen-bond acceptors (Lipinski definition) is 4. The lowest BCUT2D eigenvalue weighted by Crippen LogP contribution is -2.26. The van der Waals surface area contributed by atoms with Crippen LogP contribution in [-0.4, -0.2) is 36.6 Å². The predicted octanol–water partition coefficient (Wildman–Crippen LogP) is 2.11. The standard InChI is InChI=1S/C16H24N4O/c1-4-21-11-10-19(3)16-15(12-17)13(2)18-20(16)14-8-6-5-7-9-14/h5-9H,4,10-12,17H2,1-3H3. The third kappa shape index (κ3) is 3.43. The number of likely N-dealkylation sites (N-methyl/N-ethyl adjacent to an activating group) is 1. The highest BCUT2D eigenvalue weighted by molar-refractivity contribution is 5.54. The van der Waals surface area contributed by atoms with Crippen LogP contribution in [0.15, 0.2) is 30.3 Å². The van der Waals surface area contributed by atoms with E-state index in [0.29, 0.717) is 13.2 Å². The van der Waals surface area contributed by atoms with E-state index < -0.39 is 0 Å². The van der Waals surface area contributed by atoms with Gasteiger partial charge in [0.25, 0.3) is 0 Å². The van der Waals surface area contributed by atoms with E-state index in [1.807, 2.05) is 55.9 Å². The van der Waals surface area contributed by atoms with Gasteiger partial charge < -0.3 is 15.4 Å². The number of ether oxygens (including phenoxy) is 1. The summed E-state index contributed by atoms with van der Waals surface area (Å²) in [5, 5.41) is 4.66. The zero-order valence-electron chi connectivity index (χ0n) is 13.0. The molecule has 0 saturated carbocycles. The first-order chi connectivity index (χ1) is 10.2. The lowest BCUT2D eigenvalue weighted by Gasteiger charge is -2.22. The van der Waals surface area contributed by atoms with E-state index in [1.54, 1.807) is 0 Å². The van der Waals surface area contributed by atoms with E-state index in [4.69, 9.17) is 10.5 Å². The number of nitrogens with zero attached hydrogens (tertiary/aromatic N) is 3. The maximum atomic E-state index is 5.92. The minimum absolute atomic E-state index is 0.479. The summed E-state index contributed by atoms with van der Waals surface area (Å²) in [5.74, 6) is 1.04. The van der Waals surface area contributed by atoms with Crippen LogP contribution in [0.3, 0.4) is 0 Å².